The summed E-state index contributed by atoms with van der Waals surface area (Å²) in [6, 6.07) is 13.3. The van der Waals surface area contributed by atoms with E-state index in [2.05, 4.69) is 20.9 Å². The minimum Gasteiger partial charge on any atom is -0.490 e. The lowest BCUT2D eigenvalue weighted by molar-refractivity contribution is 0.178. The number of benzene rings is 2. The Balaban J connectivity index is 1.27. The van der Waals surface area contributed by atoms with Gasteiger partial charge in [0.1, 0.15) is 11.8 Å². The zero-order valence-electron chi connectivity index (χ0n) is 22.1. The molecule has 1 aliphatic carbocycles. The molecular weight excluding hydrogens is 518 g/mol. The number of β-amino-alcohol motifs (C(OH)–C–C–N with tert-alkyl or cyclic N) is 1. The lowest BCUT2D eigenvalue weighted by Gasteiger charge is -2.17. The van der Waals surface area contributed by atoms with Gasteiger partial charge in [-0.05, 0) is 68.4 Å². The fraction of sp³-hybridized carbons (Fsp3) is 0.464. The Bertz CT molecular complexity index is 1480. The quantitative estimate of drug-likeness (QED) is 0.389. The van der Waals surface area contributed by atoms with Crippen molar-refractivity contribution in [2.75, 3.05) is 31.9 Å². The van der Waals surface area contributed by atoms with Crippen molar-refractivity contribution >= 4 is 10.0 Å². The highest BCUT2D eigenvalue weighted by Crippen LogP contribution is 2.38. The van der Waals surface area contributed by atoms with Crippen LogP contribution < -0.4 is 9.46 Å². The summed E-state index contributed by atoms with van der Waals surface area (Å²) in [5.74, 6) is 1.35. The molecule has 0 bridgehead atoms. The largest absolute Gasteiger partial charge is 0.490 e. The van der Waals surface area contributed by atoms with Gasteiger partial charge >= 0.3 is 0 Å². The van der Waals surface area contributed by atoms with E-state index in [0.29, 0.717) is 54.6 Å². The molecule has 1 aliphatic heterocycles. The molecule has 0 spiro atoms. The van der Waals surface area contributed by atoms with E-state index in [1.807, 2.05) is 36.9 Å². The van der Waals surface area contributed by atoms with Gasteiger partial charge in [-0.15, -0.1) is 0 Å². The second-order valence-corrected chi connectivity index (χ2v) is 12.4. The second kappa shape index (κ2) is 11.4. The number of ether oxygens (including phenoxy) is 1. The number of rotatable bonds is 10. The van der Waals surface area contributed by atoms with Crippen molar-refractivity contribution in [2.24, 2.45) is 0 Å². The highest BCUT2D eigenvalue weighted by atomic mass is 32.2. The van der Waals surface area contributed by atoms with Crippen molar-refractivity contribution in [3.05, 3.63) is 53.1 Å². The molecule has 39 heavy (non-hydrogen) atoms. The minimum atomic E-state index is -3.43. The number of fused-ring (bicyclic) bond motifs is 1. The number of likely N-dealkylation sites (tertiary alicyclic amines) is 1. The van der Waals surface area contributed by atoms with Crippen LogP contribution in [0.3, 0.4) is 0 Å². The molecule has 2 atom stereocenters. The summed E-state index contributed by atoms with van der Waals surface area (Å²) in [5.41, 5.74) is 4.07. The summed E-state index contributed by atoms with van der Waals surface area (Å²) in [7, 11) is -3.43. The average Bonchev–Trinajstić information content (AvgIpc) is 3.66. The van der Waals surface area contributed by atoms with Crippen molar-refractivity contribution < 1.29 is 22.8 Å². The molecule has 0 amide bonds. The fourth-order valence-electron chi connectivity index (χ4n) is 5.28. The van der Waals surface area contributed by atoms with E-state index in [1.54, 1.807) is 18.2 Å². The molecule has 0 radical (unpaired) electrons. The van der Waals surface area contributed by atoms with E-state index in [1.165, 1.54) is 0 Å². The Morgan fingerprint density at radius 2 is 2.13 bits per heavy atom. The maximum Gasteiger partial charge on any atom is 0.258 e. The SMILES string of the molecule is CC(C)Oc1ccc(-c2nc(-c3cccc4c3CC[C@@H]4CNS(=O)(=O)CCN3CC[C@@H](O)C3)no2)cc1C#N. The number of nitrogens with zero attached hydrogens (tertiary/aromatic N) is 4. The molecule has 0 unspecified atom stereocenters. The van der Waals surface area contributed by atoms with E-state index in [0.717, 1.165) is 36.1 Å². The molecule has 5 rings (SSSR count). The molecule has 2 heterocycles. The number of aliphatic hydroxyl groups excluding tert-OH is 1. The zero-order chi connectivity index (χ0) is 27.6. The molecule has 11 heteroatoms. The van der Waals surface area contributed by atoms with E-state index in [4.69, 9.17) is 9.26 Å². The van der Waals surface area contributed by atoms with Crippen LogP contribution in [0.5, 0.6) is 5.75 Å². The number of aromatic nitrogens is 2. The van der Waals surface area contributed by atoms with Gasteiger partial charge in [0.05, 0.1) is 23.5 Å². The molecule has 2 aromatic carbocycles. The van der Waals surface area contributed by atoms with Gasteiger partial charge in [0, 0.05) is 37.3 Å². The maximum absolute atomic E-state index is 12.6. The van der Waals surface area contributed by atoms with Gasteiger partial charge in [0.15, 0.2) is 0 Å². The van der Waals surface area contributed by atoms with Crippen LogP contribution >= 0.6 is 0 Å². The summed E-state index contributed by atoms with van der Waals surface area (Å²) in [5, 5.41) is 23.4. The Morgan fingerprint density at radius 1 is 1.28 bits per heavy atom. The van der Waals surface area contributed by atoms with Gasteiger partial charge in [0.25, 0.3) is 5.89 Å². The average molecular weight is 552 g/mol. The molecule has 3 aromatic rings. The van der Waals surface area contributed by atoms with Gasteiger partial charge in [-0.25, -0.2) is 13.1 Å². The summed E-state index contributed by atoms with van der Waals surface area (Å²) in [6.45, 7) is 5.81. The van der Waals surface area contributed by atoms with Crippen molar-refractivity contribution in [1.82, 2.24) is 19.8 Å². The van der Waals surface area contributed by atoms with Gasteiger partial charge in [-0.2, -0.15) is 10.2 Å². The zero-order valence-corrected chi connectivity index (χ0v) is 22.9. The van der Waals surface area contributed by atoms with E-state index < -0.39 is 10.0 Å². The van der Waals surface area contributed by atoms with Crippen LogP contribution in [0.4, 0.5) is 0 Å². The lowest BCUT2D eigenvalue weighted by atomic mass is 9.98. The second-order valence-electron chi connectivity index (χ2n) is 10.4. The van der Waals surface area contributed by atoms with Gasteiger partial charge in [0.2, 0.25) is 15.8 Å². The number of hydrogen-bond acceptors (Lipinski definition) is 9. The number of hydrogen-bond donors (Lipinski definition) is 2. The first-order valence-corrected chi connectivity index (χ1v) is 14.9. The third-order valence-corrected chi connectivity index (χ3v) is 8.57. The predicted octanol–water partition coefficient (Wildman–Crippen LogP) is 3.08. The number of nitriles is 1. The van der Waals surface area contributed by atoms with Crippen LogP contribution in [0, 0.1) is 11.3 Å². The van der Waals surface area contributed by atoms with Crippen molar-refractivity contribution in [2.45, 2.75) is 51.2 Å². The molecule has 2 aliphatic rings. The minimum absolute atomic E-state index is 0.0169. The van der Waals surface area contributed by atoms with E-state index in [-0.39, 0.29) is 23.9 Å². The highest BCUT2D eigenvalue weighted by Gasteiger charge is 2.28. The molecule has 2 N–H and O–H groups in total. The van der Waals surface area contributed by atoms with Gasteiger partial charge in [-0.1, -0.05) is 23.4 Å². The summed E-state index contributed by atoms with van der Waals surface area (Å²) < 4.78 is 39.3. The molecule has 10 nitrogen and oxygen atoms in total. The Hall–Kier alpha value is -3.30. The number of aliphatic hydroxyl groups is 1. The maximum atomic E-state index is 12.6. The van der Waals surface area contributed by atoms with E-state index >= 15 is 0 Å². The first-order chi connectivity index (χ1) is 18.7. The molecular formula is C28H33N5O5S. The number of nitrogens with one attached hydrogen (secondary N) is 1. The smallest absolute Gasteiger partial charge is 0.258 e. The summed E-state index contributed by atoms with van der Waals surface area (Å²) in [6.07, 6.45) is 1.88. The Labute approximate surface area is 228 Å². The Kier molecular flexibility index (Phi) is 8.00. The van der Waals surface area contributed by atoms with E-state index in [9.17, 15) is 18.8 Å². The van der Waals surface area contributed by atoms with Crippen LogP contribution in [0.1, 0.15) is 49.3 Å². The molecule has 0 saturated carbocycles. The standard InChI is InChI=1S/C28H33N5O5S/c1-18(2)37-26-9-7-19(14-21(26)15-29)28-31-27(32-38-28)25-5-3-4-23-20(6-8-24(23)25)16-30-39(35,36)13-12-33-11-10-22(34)17-33/h3-5,7,9,14,18,20,22,30,34H,6,8,10-13,16-17H2,1-2H3/t20-,22-/m1/s1. The van der Waals surface area contributed by atoms with Crippen LogP contribution in [0.25, 0.3) is 22.8 Å². The summed E-state index contributed by atoms with van der Waals surface area (Å²) in [4.78, 5) is 6.59. The first kappa shape index (κ1) is 27.3. The normalized spacial score (nSPS) is 19.4. The topological polar surface area (TPSA) is 142 Å². The monoisotopic (exact) mass is 551 g/mol. The molecule has 1 aromatic heterocycles. The van der Waals surface area contributed by atoms with Gasteiger partial charge < -0.3 is 14.4 Å². The highest BCUT2D eigenvalue weighted by molar-refractivity contribution is 7.89. The van der Waals surface area contributed by atoms with Crippen molar-refractivity contribution in [3.63, 3.8) is 0 Å². The predicted molar refractivity (Wildman–Crippen MR) is 146 cm³/mol. The van der Waals surface area contributed by atoms with Gasteiger partial charge in [-0.3, -0.25) is 4.90 Å². The van der Waals surface area contributed by atoms with Crippen LogP contribution in [-0.4, -0.2) is 72.7 Å². The Morgan fingerprint density at radius 3 is 2.87 bits per heavy atom. The van der Waals surface area contributed by atoms with Crippen LogP contribution in [-0.2, 0) is 16.4 Å². The lowest BCUT2D eigenvalue weighted by Crippen LogP contribution is -2.35. The van der Waals surface area contributed by atoms with Crippen LogP contribution in [0.15, 0.2) is 40.9 Å². The van der Waals surface area contributed by atoms with Crippen molar-refractivity contribution in [1.29, 1.82) is 5.26 Å². The third-order valence-electron chi connectivity index (χ3n) is 7.24. The molecule has 206 valence electrons. The molecule has 1 saturated heterocycles. The molecule has 1 fully saturated rings. The number of sulfonamides is 1. The van der Waals surface area contributed by atoms with Crippen LogP contribution in [0.2, 0.25) is 0 Å². The fourth-order valence-corrected chi connectivity index (χ4v) is 6.38. The van der Waals surface area contributed by atoms with Crippen molar-refractivity contribution in [3.8, 4) is 34.7 Å². The first-order valence-electron chi connectivity index (χ1n) is 13.3. The third kappa shape index (κ3) is 6.31. The summed E-state index contributed by atoms with van der Waals surface area (Å²) >= 11 is 0.